The predicted molar refractivity (Wildman–Crippen MR) is 56.3 cm³/mol. The van der Waals surface area contributed by atoms with Gasteiger partial charge < -0.3 is 9.47 Å². The molecule has 90 valence electrons. The molecule has 0 radical (unpaired) electrons. The van der Waals surface area contributed by atoms with Gasteiger partial charge in [0, 0.05) is 21.1 Å². The summed E-state index contributed by atoms with van der Waals surface area (Å²) >= 11 is 9.63. The Bertz CT molecular complexity index is 476. The molecule has 0 saturated heterocycles. The molecule has 0 bridgehead atoms. The van der Waals surface area contributed by atoms with Crippen LogP contribution in [0.5, 0.6) is 0 Å². The molecule has 0 aromatic carbocycles. The number of aromatic nitrogens is 3. The summed E-state index contributed by atoms with van der Waals surface area (Å²) in [6, 6.07) is -0.618. The van der Waals surface area contributed by atoms with Crippen LogP contribution in [0.2, 0.25) is 0 Å². The van der Waals surface area contributed by atoms with Crippen LogP contribution in [0, 0.1) is 4.77 Å². The molecule has 0 unspecified atom stereocenters. The Morgan fingerprint density at radius 1 is 1.56 bits per heavy atom. The van der Waals surface area contributed by atoms with Crippen LogP contribution in [0.1, 0.15) is 5.82 Å². The lowest BCUT2D eigenvalue weighted by Crippen LogP contribution is -2.28. The highest BCUT2D eigenvalue weighted by Gasteiger charge is 2.35. The van der Waals surface area contributed by atoms with Crippen molar-refractivity contribution < 1.29 is 13.6 Å². The molecule has 5 nitrogen and oxygen atoms in total. The van der Waals surface area contributed by atoms with Gasteiger partial charge in [0.15, 0.2) is 0 Å². The molecule has 0 atom stereocenters. The molecule has 1 heterocycles. The highest BCUT2D eigenvalue weighted by atomic mass is 35.5. The standard InChI is InChI=1S/C7H9ClF2N4OS/c1-12(2)5(15)14-6(16)13(3)4(11-14)7(8,9)10/h1-3H3. The molecule has 0 saturated carbocycles. The minimum absolute atomic E-state index is 0.144. The van der Waals surface area contributed by atoms with E-state index in [9.17, 15) is 13.6 Å². The average Bonchev–Trinajstić information content (AvgIpc) is 2.42. The van der Waals surface area contributed by atoms with Crippen LogP contribution in [0.15, 0.2) is 0 Å². The second-order valence-electron chi connectivity index (χ2n) is 3.25. The number of nitrogens with zero attached hydrogens (tertiary/aromatic N) is 4. The molecular weight excluding hydrogens is 262 g/mol. The van der Waals surface area contributed by atoms with E-state index in [1.165, 1.54) is 26.0 Å². The van der Waals surface area contributed by atoms with Gasteiger partial charge in [0.05, 0.1) is 0 Å². The first-order chi connectivity index (χ1) is 7.16. The minimum atomic E-state index is -3.67. The van der Waals surface area contributed by atoms with Gasteiger partial charge in [-0.1, -0.05) is 0 Å². The Labute approximate surface area is 100 Å². The van der Waals surface area contributed by atoms with Crippen molar-refractivity contribution in [2.45, 2.75) is 5.38 Å². The van der Waals surface area contributed by atoms with E-state index in [1.54, 1.807) is 0 Å². The quantitative estimate of drug-likeness (QED) is 0.577. The summed E-state index contributed by atoms with van der Waals surface area (Å²) in [6.45, 7) is 0. The summed E-state index contributed by atoms with van der Waals surface area (Å²) in [5.41, 5.74) is 0. The third-order valence-corrected chi connectivity index (χ3v) is 2.41. The summed E-state index contributed by atoms with van der Waals surface area (Å²) in [5.74, 6) is -0.769. The number of hydrogen-bond donors (Lipinski definition) is 0. The Kier molecular flexibility index (Phi) is 3.34. The smallest absolute Gasteiger partial charge is 0.329 e. The molecule has 0 spiro atoms. The molecular formula is C7H9ClF2N4OS. The molecule has 1 aromatic rings. The zero-order valence-electron chi connectivity index (χ0n) is 8.74. The van der Waals surface area contributed by atoms with Crippen LogP contribution in [-0.4, -0.2) is 39.4 Å². The number of carbonyl (C=O) groups excluding carboxylic acids is 1. The van der Waals surface area contributed by atoms with Gasteiger partial charge in [-0.05, 0) is 23.8 Å². The van der Waals surface area contributed by atoms with Crippen molar-refractivity contribution in [2.24, 2.45) is 7.05 Å². The maximum absolute atomic E-state index is 12.9. The van der Waals surface area contributed by atoms with Gasteiger partial charge in [-0.25, -0.2) is 4.79 Å². The van der Waals surface area contributed by atoms with E-state index >= 15 is 0 Å². The Morgan fingerprint density at radius 3 is 2.38 bits per heavy atom. The van der Waals surface area contributed by atoms with Gasteiger partial charge >= 0.3 is 11.4 Å². The second kappa shape index (κ2) is 4.10. The number of carbonyl (C=O) groups is 1. The number of halogens is 3. The van der Waals surface area contributed by atoms with Gasteiger partial charge in [-0.2, -0.15) is 13.5 Å². The minimum Gasteiger partial charge on any atom is -0.329 e. The summed E-state index contributed by atoms with van der Waals surface area (Å²) in [7, 11) is 4.18. The van der Waals surface area contributed by atoms with Crippen LogP contribution in [0.4, 0.5) is 13.6 Å². The summed E-state index contributed by atoms with van der Waals surface area (Å²) < 4.78 is 27.2. The molecule has 0 aliphatic heterocycles. The molecule has 0 aliphatic rings. The van der Waals surface area contributed by atoms with E-state index < -0.39 is 17.2 Å². The topological polar surface area (TPSA) is 43.1 Å². The number of rotatable bonds is 1. The van der Waals surface area contributed by atoms with Crippen LogP contribution >= 0.6 is 23.8 Å². The fourth-order valence-corrected chi connectivity index (χ4v) is 1.37. The van der Waals surface area contributed by atoms with Crippen molar-refractivity contribution in [1.29, 1.82) is 0 Å². The largest absolute Gasteiger partial charge is 0.381 e. The average molecular weight is 271 g/mol. The Hall–Kier alpha value is -1.02. The van der Waals surface area contributed by atoms with Crippen molar-refractivity contribution in [3.63, 3.8) is 0 Å². The molecule has 0 N–H and O–H groups in total. The molecule has 0 fully saturated rings. The highest BCUT2D eigenvalue weighted by molar-refractivity contribution is 7.71. The third kappa shape index (κ3) is 2.22. The van der Waals surface area contributed by atoms with E-state index in [-0.39, 0.29) is 4.77 Å². The number of hydrogen-bond acceptors (Lipinski definition) is 3. The molecule has 1 aromatic heterocycles. The lowest BCUT2D eigenvalue weighted by molar-refractivity contribution is 0.0803. The van der Waals surface area contributed by atoms with E-state index in [0.717, 1.165) is 4.57 Å². The Balaban J connectivity index is 3.37. The summed E-state index contributed by atoms with van der Waals surface area (Å²) in [6.07, 6.45) is 0. The van der Waals surface area contributed by atoms with Gasteiger partial charge in [-0.15, -0.1) is 5.10 Å². The first-order valence-corrected chi connectivity index (χ1v) is 4.89. The van der Waals surface area contributed by atoms with Crippen LogP contribution in [-0.2, 0) is 12.4 Å². The first kappa shape index (κ1) is 13.0. The van der Waals surface area contributed by atoms with Crippen molar-refractivity contribution in [3.8, 4) is 0 Å². The monoisotopic (exact) mass is 270 g/mol. The predicted octanol–water partition coefficient (Wildman–Crippen LogP) is 1.77. The van der Waals surface area contributed by atoms with Gasteiger partial charge in [-0.3, -0.25) is 0 Å². The van der Waals surface area contributed by atoms with Gasteiger partial charge in [0.1, 0.15) is 0 Å². The van der Waals surface area contributed by atoms with Crippen LogP contribution in [0.3, 0.4) is 0 Å². The van der Waals surface area contributed by atoms with E-state index in [1.807, 2.05) is 0 Å². The normalized spacial score (nSPS) is 11.6. The Morgan fingerprint density at radius 2 is 2.06 bits per heavy atom. The fourth-order valence-electron chi connectivity index (χ4n) is 0.998. The highest BCUT2D eigenvalue weighted by Crippen LogP contribution is 2.30. The first-order valence-electron chi connectivity index (χ1n) is 4.11. The lowest BCUT2D eigenvalue weighted by Gasteiger charge is -2.08. The van der Waals surface area contributed by atoms with E-state index in [2.05, 4.69) is 5.10 Å². The maximum atomic E-state index is 12.9. The van der Waals surface area contributed by atoms with Crippen molar-refractivity contribution in [1.82, 2.24) is 19.2 Å². The van der Waals surface area contributed by atoms with E-state index in [4.69, 9.17) is 23.8 Å². The molecule has 1 amide bonds. The SMILES string of the molecule is CN(C)C(=O)n1nc(C(F)(F)Cl)n(C)c1=S. The maximum Gasteiger partial charge on any atom is 0.381 e. The zero-order chi connectivity index (χ0) is 12.7. The van der Waals surface area contributed by atoms with Gasteiger partial charge in [0.25, 0.3) is 0 Å². The van der Waals surface area contributed by atoms with Crippen LogP contribution < -0.4 is 0 Å². The molecule has 1 rings (SSSR count). The lowest BCUT2D eigenvalue weighted by atomic mass is 10.6. The van der Waals surface area contributed by atoms with Crippen LogP contribution in [0.25, 0.3) is 0 Å². The van der Waals surface area contributed by atoms with Gasteiger partial charge in [0.2, 0.25) is 10.6 Å². The molecule has 16 heavy (non-hydrogen) atoms. The second-order valence-corrected chi connectivity index (χ2v) is 4.09. The third-order valence-electron chi connectivity index (χ3n) is 1.80. The fraction of sp³-hybridized carbons (Fsp3) is 0.571. The summed E-state index contributed by atoms with van der Waals surface area (Å²) in [5, 5.41) is -0.262. The molecule has 0 aliphatic carbocycles. The number of amides is 1. The molecule has 9 heteroatoms. The van der Waals surface area contributed by atoms with Crippen molar-refractivity contribution in [3.05, 3.63) is 10.6 Å². The van der Waals surface area contributed by atoms with Crippen molar-refractivity contribution in [2.75, 3.05) is 14.1 Å². The number of alkyl halides is 3. The summed E-state index contributed by atoms with van der Waals surface area (Å²) in [4.78, 5) is 12.7. The van der Waals surface area contributed by atoms with Crippen molar-refractivity contribution >= 4 is 29.8 Å². The van der Waals surface area contributed by atoms with E-state index in [0.29, 0.717) is 4.68 Å². The zero-order valence-corrected chi connectivity index (χ0v) is 10.3.